The van der Waals surface area contributed by atoms with E-state index < -0.39 is 0 Å². The summed E-state index contributed by atoms with van der Waals surface area (Å²) >= 11 is 1.75. The predicted molar refractivity (Wildman–Crippen MR) is 75.7 cm³/mol. The molecule has 2 heterocycles. The maximum absolute atomic E-state index is 5.83. The van der Waals surface area contributed by atoms with Gasteiger partial charge in [0.1, 0.15) is 0 Å². The molecule has 0 radical (unpaired) electrons. The highest BCUT2D eigenvalue weighted by Crippen LogP contribution is 2.34. The van der Waals surface area contributed by atoms with Crippen LogP contribution in [0, 0.1) is 0 Å². The average Bonchev–Trinajstić information content (AvgIpc) is 3.13. The second-order valence-corrected chi connectivity index (χ2v) is 5.48. The number of nitrogens with zero attached hydrogens (tertiary/aromatic N) is 2. The van der Waals surface area contributed by atoms with Gasteiger partial charge in [0.2, 0.25) is 0 Å². The van der Waals surface area contributed by atoms with Crippen LogP contribution in [-0.2, 0) is 13.1 Å². The zero-order chi connectivity index (χ0) is 12.4. The largest absolute Gasteiger partial charge is 0.363 e. The lowest BCUT2D eigenvalue weighted by Gasteiger charge is -2.26. The van der Waals surface area contributed by atoms with Crippen molar-refractivity contribution in [2.24, 2.45) is 5.73 Å². The SMILES string of the molecule is NCc1ccncc1N(Cc1ccsc1)C1CC1. The quantitative estimate of drug-likeness (QED) is 0.897. The van der Waals surface area contributed by atoms with Crippen molar-refractivity contribution < 1.29 is 0 Å². The Morgan fingerprint density at radius 3 is 2.94 bits per heavy atom. The van der Waals surface area contributed by atoms with E-state index in [0.29, 0.717) is 12.6 Å². The molecular formula is C14H17N3S. The Morgan fingerprint density at radius 1 is 1.39 bits per heavy atom. The van der Waals surface area contributed by atoms with Crippen molar-refractivity contribution in [2.45, 2.75) is 32.0 Å². The number of hydrogen-bond donors (Lipinski definition) is 1. The zero-order valence-electron chi connectivity index (χ0n) is 10.2. The average molecular weight is 259 g/mol. The molecule has 0 spiro atoms. The molecule has 2 aromatic heterocycles. The second kappa shape index (κ2) is 5.08. The van der Waals surface area contributed by atoms with Gasteiger partial charge in [-0.1, -0.05) is 0 Å². The lowest BCUT2D eigenvalue weighted by molar-refractivity contribution is 0.784. The second-order valence-electron chi connectivity index (χ2n) is 4.70. The zero-order valence-corrected chi connectivity index (χ0v) is 11.1. The highest BCUT2D eigenvalue weighted by Gasteiger charge is 2.30. The Bertz CT molecular complexity index is 506. The smallest absolute Gasteiger partial charge is 0.0603 e. The molecule has 1 aliphatic rings. The van der Waals surface area contributed by atoms with Crippen LogP contribution in [0.2, 0.25) is 0 Å². The number of nitrogens with two attached hydrogens (primary N) is 1. The summed E-state index contributed by atoms with van der Waals surface area (Å²) in [5, 5.41) is 4.35. The minimum absolute atomic E-state index is 0.574. The van der Waals surface area contributed by atoms with E-state index in [9.17, 15) is 0 Å². The molecule has 3 nitrogen and oxygen atoms in total. The van der Waals surface area contributed by atoms with E-state index in [0.717, 1.165) is 6.54 Å². The van der Waals surface area contributed by atoms with Gasteiger partial charge in [-0.05, 0) is 46.9 Å². The molecule has 2 aromatic rings. The third-order valence-corrected chi connectivity index (χ3v) is 4.07. The molecule has 3 rings (SSSR count). The van der Waals surface area contributed by atoms with E-state index in [1.165, 1.54) is 29.7 Å². The van der Waals surface area contributed by atoms with Crippen LogP contribution in [0.1, 0.15) is 24.0 Å². The lowest BCUT2D eigenvalue weighted by atomic mass is 10.2. The molecule has 0 aromatic carbocycles. The molecule has 1 aliphatic carbocycles. The summed E-state index contributed by atoms with van der Waals surface area (Å²) < 4.78 is 0. The fraction of sp³-hybridized carbons (Fsp3) is 0.357. The van der Waals surface area contributed by atoms with Gasteiger partial charge in [-0.25, -0.2) is 0 Å². The van der Waals surface area contributed by atoms with Gasteiger partial charge in [0.25, 0.3) is 0 Å². The molecule has 0 saturated heterocycles. The number of hydrogen-bond acceptors (Lipinski definition) is 4. The summed E-state index contributed by atoms with van der Waals surface area (Å²) in [5.74, 6) is 0. The summed E-state index contributed by atoms with van der Waals surface area (Å²) in [7, 11) is 0. The van der Waals surface area contributed by atoms with Crippen LogP contribution in [0.15, 0.2) is 35.3 Å². The molecule has 4 heteroatoms. The Balaban J connectivity index is 1.89. The normalized spacial score (nSPS) is 14.7. The minimum Gasteiger partial charge on any atom is -0.363 e. The number of thiophene rings is 1. The van der Waals surface area contributed by atoms with Gasteiger partial charge in [-0.2, -0.15) is 11.3 Å². The molecule has 0 bridgehead atoms. The van der Waals surface area contributed by atoms with Gasteiger partial charge in [-0.3, -0.25) is 4.98 Å². The molecule has 0 aliphatic heterocycles. The summed E-state index contributed by atoms with van der Waals surface area (Å²) in [6.45, 7) is 1.54. The van der Waals surface area contributed by atoms with E-state index in [-0.39, 0.29) is 0 Å². The van der Waals surface area contributed by atoms with Gasteiger partial charge in [0, 0.05) is 25.3 Å². The van der Waals surface area contributed by atoms with Crippen LogP contribution in [0.25, 0.3) is 0 Å². The van der Waals surface area contributed by atoms with E-state index in [2.05, 4.69) is 26.7 Å². The Labute approximate surface area is 111 Å². The standard InChI is InChI=1S/C14H17N3S/c15-7-12-3-5-16-8-14(12)17(13-1-2-13)9-11-4-6-18-10-11/h3-6,8,10,13H,1-2,7,9,15H2. The summed E-state index contributed by atoms with van der Waals surface area (Å²) in [5.41, 5.74) is 9.59. The number of anilines is 1. The van der Waals surface area contributed by atoms with Gasteiger partial charge >= 0.3 is 0 Å². The minimum atomic E-state index is 0.574. The molecule has 0 atom stereocenters. The highest BCUT2D eigenvalue weighted by molar-refractivity contribution is 7.07. The maximum atomic E-state index is 5.83. The van der Waals surface area contributed by atoms with Gasteiger partial charge in [0.05, 0.1) is 11.9 Å². The topological polar surface area (TPSA) is 42.1 Å². The van der Waals surface area contributed by atoms with Crippen LogP contribution < -0.4 is 10.6 Å². The molecular weight excluding hydrogens is 242 g/mol. The fourth-order valence-corrected chi connectivity index (χ4v) is 2.88. The molecule has 0 unspecified atom stereocenters. The third kappa shape index (κ3) is 2.40. The molecule has 0 amide bonds. The van der Waals surface area contributed by atoms with Crippen LogP contribution in [0.3, 0.4) is 0 Å². The van der Waals surface area contributed by atoms with Gasteiger partial charge < -0.3 is 10.6 Å². The maximum Gasteiger partial charge on any atom is 0.0603 e. The van der Waals surface area contributed by atoms with Gasteiger partial charge in [-0.15, -0.1) is 0 Å². The number of pyridine rings is 1. The van der Waals surface area contributed by atoms with Crippen molar-refractivity contribution in [3.8, 4) is 0 Å². The molecule has 94 valence electrons. The first kappa shape index (κ1) is 11.7. The molecule has 18 heavy (non-hydrogen) atoms. The summed E-state index contributed by atoms with van der Waals surface area (Å²) in [6.07, 6.45) is 6.33. The lowest BCUT2D eigenvalue weighted by Crippen LogP contribution is -2.26. The first-order valence-corrected chi connectivity index (χ1v) is 7.23. The summed E-state index contributed by atoms with van der Waals surface area (Å²) in [6, 6.07) is 4.89. The molecule has 1 fully saturated rings. The van der Waals surface area contributed by atoms with Crippen molar-refractivity contribution in [1.29, 1.82) is 0 Å². The Hall–Kier alpha value is -1.39. The van der Waals surface area contributed by atoms with Crippen LogP contribution in [0.5, 0.6) is 0 Å². The van der Waals surface area contributed by atoms with E-state index >= 15 is 0 Å². The number of aromatic nitrogens is 1. The fourth-order valence-electron chi connectivity index (χ4n) is 2.22. The first-order valence-electron chi connectivity index (χ1n) is 6.29. The predicted octanol–water partition coefficient (Wildman–Crippen LogP) is 2.77. The van der Waals surface area contributed by atoms with E-state index in [1.54, 1.807) is 11.3 Å². The van der Waals surface area contributed by atoms with Crippen LogP contribution >= 0.6 is 11.3 Å². The summed E-state index contributed by atoms with van der Waals surface area (Å²) in [4.78, 5) is 6.71. The van der Waals surface area contributed by atoms with Crippen molar-refractivity contribution in [3.05, 3.63) is 46.4 Å². The van der Waals surface area contributed by atoms with E-state index in [1.807, 2.05) is 18.5 Å². The Kier molecular flexibility index (Phi) is 3.30. The third-order valence-electron chi connectivity index (χ3n) is 3.34. The van der Waals surface area contributed by atoms with Crippen LogP contribution in [-0.4, -0.2) is 11.0 Å². The monoisotopic (exact) mass is 259 g/mol. The number of rotatable bonds is 5. The van der Waals surface area contributed by atoms with E-state index in [4.69, 9.17) is 5.73 Å². The van der Waals surface area contributed by atoms with Gasteiger partial charge in [0.15, 0.2) is 0 Å². The van der Waals surface area contributed by atoms with Crippen molar-refractivity contribution in [2.75, 3.05) is 4.90 Å². The van der Waals surface area contributed by atoms with Crippen molar-refractivity contribution in [1.82, 2.24) is 4.98 Å². The molecule has 2 N–H and O–H groups in total. The van der Waals surface area contributed by atoms with Crippen molar-refractivity contribution >= 4 is 17.0 Å². The highest BCUT2D eigenvalue weighted by atomic mass is 32.1. The Morgan fingerprint density at radius 2 is 2.28 bits per heavy atom. The molecule has 1 saturated carbocycles. The van der Waals surface area contributed by atoms with Crippen molar-refractivity contribution in [3.63, 3.8) is 0 Å². The van der Waals surface area contributed by atoms with Crippen LogP contribution in [0.4, 0.5) is 5.69 Å². The first-order chi connectivity index (χ1) is 8.88.